The number of nitrogens with zero attached hydrogens (tertiary/aromatic N) is 1. The van der Waals surface area contributed by atoms with Gasteiger partial charge >= 0.3 is 0 Å². The lowest BCUT2D eigenvalue weighted by Gasteiger charge is -2.31. The molecule has 0 saturated heterocycles. The largest absolute Gasteiger partial charge is 0.381 e. The zero-order chi connectivity index (χ0) is 13.8. The summed E-state index contributed by atoms with van der Waals surface area (Å²) in [7, 11) is 3.59. The van der Waals surface area contributed by atoms with Crippen LogP contribution in [-0.4, -0.2) is 30.9 Å². The van der Waals surface area contributed by atoms with Crippen molar-refractivity contribution in [3.8, 4) is 0 Å². The van der Waals surface area contributed by atoms with Crippen LogP contribution in [0.3, 0.4) is 0 Å². The van der Waals surface area contributed by atoms with Gasteiger partial charge in [-0.15, -0.1) is 0 Å². The van der Waals surface area contributed by atoms with E-state index < -0.39 is 0 Å². The predicted octanol–water partition coefficient (Wildman–Crippen LogP) is 3.38. The first-order valence-electron chi connectivity index (χ1n) is 7.17. The molecular weight excluding hydrogens is 236 g/mol. The second-order valence-corrected chi connectivity index (χ2v) is 5.76. The van der Waals surface area contributed by atoms with Crippen LogP contribution in [0.4, 0.5) is 5.69 Å². The number of anilines is 1. The molecule has 1 N–H and O–H groups in total. The van der Waals surface area contributed by atoms with Crippen molar-refractivity contribution in [3.63, 3.8) is 0 Å². The topological polar surface area (TPSA) is 32.3 Å². The number of rotatable bonds is 3. The van der Waals surface area contributed by atoms with Gasteiger partial charge in [-0.1, -0.05) is 31.9 Å². The third-order valence-electron chi connectivity index (χ3n) is 4.02. The smallest absolute Gasteiger partial charge is 0.255 e. The Labute approximate surface area is 116 Å². The van der Waals surface area contributed by atoms with Gasteiger partial charge in [0.1, 0.15) is 0 Å². The number of benzene rings is 1. The van der Waals surface area contributed by atoms with Gasteiger partial charge in [-0.2, -0.15) is 0 Å². The van der Waals surface area contributed by atoms with Crippen molar-refractivity contribution >= 4 is 11.6 Å². The second-order valence-electron chi connectivity index (χ2n) is 5.76. The summed E-state index contributed by atoms with van der Waals surface area (Å²) < 4.78 is 0. The summed E-state index contributed by atoms with van der Waals surface area (Å²) in [5, 5.41) is 3.59. The number of carbonyl (C=O) groups excluding carboxylic acids is 1. The molecule has 0 aromatic heterocycles. The third kappa shape index (κ3) is 3.28. The fourth-order valence-electron chi connectivity index (χ4n) is 2.77. The van der Waals surface area contributed by atoms with Crippen LogP contribution in [0.2, 0.25) is 0 Å². The van der Waals surface area contributed by atoms with Gasteiger partial charge < -0.3 is 10.2 Å². The zero-order valence-electron chi connectivity index (χ0n) is 12.1. The van der Waals surface area contributed by atoms with Crippen LogP contribution in [0, 0.1) is 5.92 Å². The van der Waals surface area contributed by atoms with Gasteiger partial charge in [-0.25, -0.2) is 0 Å². The maximum absolute atomic E-state index is 12.2. The summed E-state index contributed by atoms with van der Waals surface area (Å²) in [4.78, 5) is 13.8. The van der Waals surface area contributed by atoms with Crippen molar-refractivity contribution in [1.82, 2.24) is 4.90 Å². The number of hydrogen-bond donors (Lipinski definition) is 1. The molecule has 104 valence electrons. The van der Waals surface area contributed by atoms with Crippen molar-refractivity contribution < 1.29 is 4.79 Å². The van der Waals surface area contributed by atoms with Crippen molar-refractivity contribution in [2.75, 3.05) is 19.4 Å². The highest BCUT2D eigenvalue weighted by Crippen LogP contribution is 2.28. The van der Waals surface area contributed by atoms with E-state index in [2.05, 4.69) is 12.2 Å². The van der Waals surface area contributed by atoms with Crippen LogP contribution in [0.15, 0.2) is 24.3 Å². The summed E-state index contributed by atoms with van der Waals surface area (Å²) in [6.07, 6.45) is 5.09. The third-order valence-corrected chi connectivity index (χ3v) is 4.02. The van der Waals surface area contributed by atoms with Crippen LogP contribution in [0.1, 0.15) is 43.0 Å². The van der Waals surface area contributed by atoms with E-state index >= 15 is 0 Å². The van der Waals surface area contributed by atoms with Crippen molar-refractivity contribution in [1.29, 1.82) is 0 Å². The van der Waals surface area contributed by atoms with Gasteiger partial charge in [0.2, 0.25) is 0 Å². The van der Waals surface area contributed by atoms with Gasteiger partial charge in [0.05, 0.1) is 5.56 Å². The van der Waals surface area contributed by atoms with E-state index in [4.69, 9.17) is 0 Å². The van der Waals surface area contributed by atoms with E-state index in [1.807, 2.05) is 24.3 Å². The van der Waals surface area contributed by atoms with E-state index in [1.165, 1.54) is 25.7 Å². The van der Waals surface area contributed by atoms with E-state index in [-0.39, 0.29) is 5.91 Å². The minimum absolute atomic E-state index is 0.0616. The standard InChI is InChI=1S/C16H24N2O/c1-12-8-4-6-10-14(12)17-15-11-7-5-9-13(15)16(19)18(2)3/h5,7,9,11-12,14,17H,4,6,8,10H2,1-3H3. The Morgan fingerprint density at radius 3 is 2.58 bits per heavy atom. The van der Waals surface area contributed by atoms with Gasteiger partial charge in [0, 0.05) is 25.8 Å². The monoisotopic (exact) mass is 260 g/mol. The summed E-state index contributed by atoms with van der Waals surface area (Å²) >= 11 is 0. The quantitative estimate of drug-likeness (QED) is 0.903. The van der Waals surface area contributed by atoms with Gasteiger partial charge in [0.15, 0.2) is 0 Å². The molecule has 2 rings (SSSR count). The molecule has 3 heteroatoms. The van der Waals surface area contributed by atoms with Crippen LogP contribution in [0.5, 0.6) is 0 Å². The Hall–Kier alpha value is -1.51. The molecule has 1 aliphatic carbocycles. The maximum Gasteiger partial charge on any atom is 0.255 e. The highest BCUT2D eigenvalue weighted by atomic mass is 16.2. The van der Waals surface area contributed by atoms with Crippen LogP contribution in [0.25, 0.3) is 0 Å². The fraction of sp³-hybridized carbons (Fsp3) is 0.562. The van der Waals surface area contributed by atoms with E-state index in [0.717, 1.165) is 11.3 Å². The summed E-state index contributed by atoms with van der Waals surface area (Å²) in [6.45, 7) is 2.30. The van der Waals surface area contributed by atoms with Crippen molar-refractivity contribution in [2.45, 2.75) is 38.6 Å². The lowest BCUT2D eigenvalue weighted by molar-refractivity contribution is 0.0828. The molecule has 1 aliphatic rings. The van der Waals surface area contributed by atoms with E-state index in [9.17, 15) is 4.79 Å². The number of carbonyl (C=O) groups is 1. The van der Waals surface area contributed by atoms with Gasteiger partial charge in [0.25, 0.3) is 5.91 Å². The number of hydrogen-bond acceptors (Lipinski definition) is 2. The lowest BCUT2D eigenvalue weighted by atomic mass is 9.85. The minimum atomic E-state index is 0.0616. The SMILES string of the molecule is CC1CCCCC1Nc1ccccc1C(=O)N(C)C. The molecule has 3 nitrogen and oxygen atoms in total. The Balaban J connectivity index is 2.17. The van der Waals surface area contributed by atoms with Gasteiger partial charge in [-0.05, 0) is 30.9 Å². The maximum atomic E-state index is 12.2. The Kier molecular flexibility index (Phi) is 4.46. The number of amides is 1. The fourth-order valence-corrected chi connectivity index (χ4v) is 2.77. The first-order valence-corrected chi connectivity index (χ1v) is 7.17. The van der Waals surface area contributed by atoms with Crippen molar-refractivity contribution in [2.24, 2.45) is 5.92 Å². The highest BCUT2D eigenvalue weighted by Gasteiger charge is 2.22. The summed E-state index contributed by atoms with van der Waals surface area (Å²) in [6, 6.07) is 8.31. The molecule has 2 unspecified atom stereocenters. The number of nitrogens with one attached hydrogen (secondary N) is 1. The molecule has 1 saturated carbocycles. The molecule has 0 radical (unpaired) electrons. The molecule has 0 bridgehead atoms. The van der Waals surface area contributed by atoms with E-state index in [0.29, 0.717) is 12.0 Å². The first-order chi connectivity index (χ1) is 9.09. The highest BCUT2D eigenvalue weighted by molar-refractivity contribution is 5.99. The Morgan fingerprint density at radius 2 is 1.89 bits per heavy atom. The molecule has 19 heavy (non-hydrogen) atoms. The average Bonchev–Trinajstić information content (AvgIpc) is 2.41. The average molecular weight is 260 g/mol. The zero-order valence-corrected chi connectivity index (χ0v) is 12.1. The van der Waals surface area contributed by atoms with Gasteiger partial charge in [-0.3, -0.25) is 4.79 Å². The van der Waals surface area contributed by atoms with Crippen LogP contribution in [-0.2, 0) is 0 Å². The molecule has 1 amide bonds. The van der Waals surface area contributed by atoms with Crippen molar-refractivity contribution in [3.05, 3.63) is 29.8 Å². The van der Waals surface area contributed by atoms with Crippen LogP contribution >= 0.6 is 0 Å². The second kappa shape index (κ2) is 6.09. The summed E-state index contributed by atoms with van der Waals surface area (Å²) in [5.41, 5.74) is 1.74. The minimum Gasteiger partial charge on any atom is -0.381 e. The molecule has 0 heterocycles. The molecule has 1 fully saturated rings. The molecular formula is C16H24N2O. The first kappa shape index (κ1) is 13.9. The number of para-hydroxylation sites is 1. The van der Waals surface area contributed by atoms with E-state index in [1.54, 1.807) is 19.0 Å². The molecule has 1 aromatic rings. The Morgan fingerprint density at radius 1 is 1.21 bits per heavy atom. The summed E-state index contributed by atoms with van der Waals surface area (Å²) in [5.74, 6) is 0.739. The molecule has 2 atom stereocenters. The predicted molar refractivity (Wildman–Crippen MR) is 79.5 cm³/mol. The normalized spacial score (nSPS) is 22.9. The Bertz CT molecular complexity index is 442. The molecule has 0 aliphatic heterocycles. The lowest BCUT2D eigenvalue weighted by Crippen LogP contribution is -2.31. The van der Waals surface area contributed by atoms with Crippen LogP contribution < -0.4 is 5.32 Å². The molecule has 0 spiro atoms. The molecule has 1 aromatic carbocycles.